The average molecular weight is 283 g/mol. The summed E-state index contributed by atoms with van der Waals surface area (Å²) in [5.74, 6) is 0.0167. The Kier molecular flexibility index (Phi) is 7.53. The number of hydrogen-bond donors (Lipinski definition) is 1. The molecule has 0 saturated carbocycles. The van der Waals surface area contributed by atoms with E-state index in [1.807, 2.05) is 18.2 Å². The Labute approximate surface area is 120 Å². The van der Waals surface area contributed by atoms with E-state index >= 15 is 0 Å². The molecule has 0 bridgehead atoms. The molecule has 1 rings (SSSR count). The standard InChI is InChI=1S/C15H23ClN2O/c1-3-5-11-18(4-2)12-10-15(19)17-14-9-7-6-8-13(14)16/h6-9H,3-5,10-12H2,1-2H3,(H,17,19). The minimum absolute atomic E-state index is 0.0167. The highest BCUT2D eigenvalue weighted by atomic mass is 35.5. The number of hydrogen-bond acceptors (Lipinski definition) is 2. The molecule has 0 aliphatic heterocycles. The van der Waals surface area contributed by atoms with Crippen LogP contribution >= 0.6 is 11.6 Å². The van der Waals surface area contributed by atoms with E-state index < -0.39 is 0 Å². The van der Waals surface area contributed by atoms with Crippen molar-refractivity contribution in [3.63, 3.8) is 0 Å². The van der Waals surface area contributed by atoms with Gasteiger partial charge in [-0.05, 0) is 31.6 Å². The molecule has 0 aliphatic rings. The molecule has 0 fully saturated rings. The lowest BCUT2D eigenvalue weighted by Crippen LogP contribution is -2.28. The highest BCUT2D eigenvalue weighted by Crippen LogP contribution is 2.20. The molecule has 1 N–H and O–H groups in total. The predicted molar refractivity (Wildman–Crippen MR) is 81.7 cm³/mol. The Morgan fingerprint density at radius 1 is 1.26 bits per heavy atom. The van der Waals surface area contributed by atoms with Crippen LogP contribution in [0.2, 0.25) is 5.02 Å². The van der Waals surface area contributed by atoms with Crippen molar-refractivity contribution in [2.24, 2.45) is 0 Å². The molecular weight excluding hydrogens is 260 g/mol. The molecule has 0 heterocycles. The number of halogens is 1. The van der Waals surface area contributed by atoms with Crippen molar-refractivity contribution in [1.82, 2.24) is 4.90 Å². The van der Waals surface area contributed by atoms with Crippen LogP contribution in [0.5, 0.6) is 0 Å². The SMILES string of the molecule is CCCCN(CC)CCC(=O)Nc1ccccc1Cl. The van der Waals surface area contributed by atoms with Crippen LogP contribution in [-0.4, -0.2) is 30.4 Å². The van der Waals surface area contributed by atoms with E-state index in [4.69, 9.17) is 11.6 Å². The number of amides is 1. The van der Waals surface area contributed by atoms with Crippen molar-refractivity contribution < 1.29 is 4.79 Å². The topological polar surface area (TPSA) is 32.3 Å². The number of benzene rings is 1. The first-order chi connectivity index (χ1) is 9.17. The Bertz CT molecular complexity index is 395. The van der Waals surface area contributed by atoms with Gasteiger partial charge in [0.15, 0.2) is 0 Å². The van der Waals surface area contributed by atoms with Gasteiger partial charge < -0.3 is 10.2 Å². The molecule has 19 heavy (non-hydrogen) atoms. The molecule has 1 amide bonds. The van der Waals surface area contributed by atoms with Gasteiger partial charge in [0.2, 0.25) is 5.91 Å². The number of carbonyl (C=O) groups excluding carboxylic acids is 1. The van der Waals surface area contributed by atoms with Crippen LogP contribution in [0.4, 0.5) is 5.69 Å². The Morgan fingerprint density at radius 3 is 2.63 bits per heavy atom. The number of nitrogens with one attached hydrogen (secondary N) is 1. The summed E-state index contributed by atoms with van der Waals surface area (Å²) in [6, 6.07) is 7.30. The van der Waals surface area contributed by atoms with E-state index in [9.17, 15) is 4.79 Å². The van der Waals surface area contributed by atoms with E-state index in [1.165, 1.54) is 12.8 Å². The average Bonchev–Trinajstić information content (AvgIpc) is 2.41. The molecule has 0 aromatic heterocycles. The lowest BCUT2D eigenvalue weighted by Gasteiger charge is -2.19. The predicted octanol–water partition coefficient (Wildman–Crippen LogP) is 3.79. The van der Waals surface area contributed by atoms with E-state index in [2.05, 4.69) is 24.1 Å². The van der Waals surface area contributed by atoms with Crippen molar-refractivity contribution in [3.05, 3.63) is 29.3 Å². The van der Waals surface area contributed by atoms with Crippen molar-refractivity contribution >= 4 is 23.2 Å². The third kappa shape index (κ3) is 6.08. The minimum Gasteiger partial charge on any atom is -0.325 e. The third-order valence-electron chi connectivity index (χ3n) is 3.08. The molecule has 0 spiro atoms. The van der Waals surface area contributed by atoms with Gasteiger partial charge in [-0.2, -0.15) is 0 Å². The number of unbranched alkanes of at least 4 members (excludes halogenated alkanes) is 1. The zero-order chi connectivity index (χ0) is 14.1. The van der Waals surface area contributed by atoms with Gasteiger partial charge in [0.05, 0.1) is 10.7 Å². The van der Waals surface area contributed by atoms with E-state index in [0.29, 0.717) is 17.1 Å². The summed E-state index contributed by atoms with van der Waals surface area (Å²) in [6.07, 6.45) is 2.87. The largest absolute Gasteiger partial charge is 0.325 e. The minimum atomic E-state index is 0.0167. The molecule has 106 valence electrons. The van der Waals surface area contributed by atoms with Crippen molar-refractivity contribution in [1.29, 1.82) is 0 Å². The number of nitrogens with zero attached hydrogens (tertiary/aromatic N) is 1. The fraction of sp³-hybridized carbons (Fsp3) is 0.533. The molecule has 1 aromatic carbocycles. The molecular formula is C15H23ClN2O. The molecule has 4 heteroatoms. The zero-order valence-electron chi connectivity index (χ0n) is 11.8. The first-order valence-corrected chi connectivity index (χ1v) is 7.31. The normalized spacial score (nSPS) is 10.7. The molecule has 0 atom stereocenters. The molecule has 0 saturated heterocycles. The first-order valence-electron chi connectivity index (χ1n) is 6.94. The van der Waals surface area contributed by atoms with Gasteiger partial charge in [-0.25, -0.2) is 0 Å². The Hall–Kier alpha value is -1.06. The summed E-state index contributed by atoms with van der Waals surface area (Å²) in [6.45, 7) is 7.15. The van der Waals surface area contributed by atoms with E-state index in [-0.39, 0.29) is 5.91 Å². The zero-order valence-corrected chi connectivity index (χ0v) is 12.5. The monoisotopic (exact) mass is 282 g/mol. The fourth-order valence-corrected chi connectivity index (χ4v) is 2.03. The smallest absolute Gasteiger partial charge is 0.225 e. The van der Waals surface area contributed by atoms with Gasteiger partial charge in [0.25, 0.3) is 0 Å². The summed E-state index contributed by atoms with van der Waals surface area (Å²) in [5, 5.41) is 3.43. The fourth-order valence-electron chi connectivity index (χ4n) is 1.84. The van der Waals surface area contributed by atoms with Gasteiger partial charge in [0, 0.05) is 13.0 Å². The van der Waals surface area contributed by atoms with Crippen LogP contribution < -0.4 is 5.32 Å². The van der Waals surface area contributed by atoms with Gasteiger partial charge in [0.1, 0.15) is 0 Å². The van der Waals surface area contributed by atoms with Crippen molar-refractivity contribution in [2.75, 3.05) is 25.0 Å². The lowest BCUT2D eigenvalue weighted by atomic mass is 10.2. The van der Waals surface area contributed by atoms with Crippen LogP contribution in [0.3, 0.4) is 0 Å². The van der Waals surface area contributed by atoms with Crippen LogP contribution in [0.15, 0.2) is 24.3 Å². The summed E-state index contributed by atoms with van der Waals surface area (Å²) < 4.78 is 0. The molecule has 0 unspecified atom stereocenters. The lowest BCUT2D eigenvalue weighted by molar-refractivity contribution is -0.116. The quantitative estimate of drug-likeness (QED) is 0.787. The third-order valence-corrected chi connectivity index (χ3v) is 3.41. The van der Waals surface area contributed by atoms with Crippen LogP contribution in [0.25, 0.3) is 0 Å². The summed E-state index contributed by atoms with van der Waals surface area (Å²) in [7, 11) is 0. The summed E-state index contributed by atoms with van der Waals surface area (Å²) in [4.78, 5) is 14.2. The highest BCUT2D eigenvalue weighted by Gasteiger charge is 2.08. The van der Waals surface area contributed by atoms with Gasteiger partial charge in [-0.15, -0.1) is 0 Å². The van der Waals surface area contributed by atoms with Gasteiger partial charge in [-0.1, -0.05) is 44.0 Å². The van der Waals surface area contributed by atoms with Crippen molar-refractivity contribution in [3.8, 4) is 0 Å². The van der Waals surface area contributed by atoms with Crippen LogP contribution in [-0.2, 0) is 4.79 Å². The van der Waals surface area contributed by atoms with E-state index in [1.54, 1.807) is 6.07 Å². The Balaban J connectivity index is 2.37. The number of carbonyl (C=O) groups is 1. The summed E-state index contributed by atoms with van der Waals surface area (Å²) in [5.41, 5.74) is 0.686. The Morgan fingerprint density at radius 2 is 2.00 bits per heavy atom. The molecule has 3 nitrogen and oxygen atoms in total. The van der Waals surface area contributed by atoms with Crippen molar-refractivity contribution in [2.45, 2.75) is 33.1 Å². The number of anilines is 1. The summed E-state index contributed by atoms with van der Waals surface area (Å²) >= 11 is 6.00. The maximum absolute atomic E-state index is 11.9. The molecule has 1 aromatic rings. The number of para-hydroxylation sites is 1. The highest BCUT2D eigenvalue weighted by molar-refractivity contribution is 6.33. The maximum atomic E-state index is 11.9. The number of rotatable bonds is 8. The van der Waals surface area contributed by atoms with Gasteiger partial charge in [-0.3, -0.25) is 4.79 Å². The van der Waals surface area contributed by atoms with E-state index in [0.717, 1.165) is 19.6 Å². The second-order valence-electron chi connectivity index (χ2n) is 4.57. The first kappa shape index (κ1) is 16.0. The molecule has 0 aliphatic carbocycles. The second-order valence-corrected chi connectivity index (χ2v) is 4.97. The van der Waals surface area contributed by atoms with Crippen LogP contribution in [0.1, 0.15) is 33.1 Å². The van der Waals surface area contributed by atoms with Crippen LogP contribution in [0, 0.1) is 0 Å². The second kappa shape index (κ2) is 8.94. The maximum Gasteiger partial charge on any atom is 0.225 e. The van der Waals surface area contributed by atoms with Gasteiger partial charge >= 0.3 is 0 Å². The molecule has 0 radical (unpaired) electrons.